The molecule has 1 saturated carbocycles. The molecular weight excluding hydrogens is 250 g/mol. The summed E-state index contributed by atoms with van der Waals surface area (Å²) < 4.78 is 0. The molecule has 20 heavy (non-hydrogen) atoms. The van der Waals surface area contributed by atoms with Crippen LogP contribution in [-0.4, -0.2) is 34.4 Å². The van der Waals surface area contributed by atoms with Gasteiger partial charge in [-0.1, -0.05) is 12.1 Å². The van der Waals surface area contributed by atoms with Crippen LogP contribution < -0.4 is 5.73 Å². The van der Waals surface area contributed by atoms with Crippen LogP contribution in [0.15, 0.2) is 36.5 Å². The number of carbonyl (C=O) groups is 1. The first-order chi connectivity index (χ1) is 9.67. The Labute approximate surface area is 117 Å². The molecular formula is C16H17N3O. The highest BCUT2D eigenvalue weighted by Gasteiger charge is 2.51. The minimum atomic E-state index is -0.126. The van der Waals surface area contributed by atoms with Gasteiger partial charge in [0.05, 0.1) is 11.1 Å². The van der Waals surface area contributed by atoms with E-state index in [1.165, 1.54) is 12.8 Å². The summed E-state index contributed by atoms with van der Waals surface area (Å²) in [5.74, 6) is 0.700. The van der Waals surface area contributed by atoms with Gasteiger partial charge < -0.3 is 10.6 Å². The fourth-order valence-electron chi connectivity index (χ4n) is 3.18. The Hall–Kier alpha value is -1.94. The highest BCUT2D eigenvalue weighted by Crippen LogP contribution is 2.43. The monoisotopic (exact) mass is 267 g/mol. The number of nitrogens with two attached hydrogens (primary N) is 1. The second kappa shape index (κ2) is 4.03. The van der Waals surface area contributed by atoms with Crippen LogP contribution in [0.25, 0.3) is 10.9 Å². The maximum absolute atomic E-state index is 12.6. The normalized spacial score (nSPS) is 20.8. The number of hydrogen-bond acceptors (Lipinski definition) is 3. The van der Waals surface area contributed by atoms with Crippen molar-refractivity contribution in [1.29, 1.82) is 0 Å². The molecule has 4 rings (SSSR count). The van der Waals surface area contributed by atoms with E-state index in [0.717, 1.165) is 16.5 Å². The number of likely N-dealkylation sites (tertiary alicyclic amines) is 1. The molecule has 0 unspecified atom stereocenters. The van der Waals surface area contributed by atoms with Crippen LogP contribution in [-0.2, 0) is 0 Å². The van der Waals surface area contributed by atoms with Crippen LogP contribution in [0.4, 0.5) is 0 Å². The molecule has 1 aromatic carbocycles. The van der Waals surface area contributed by atoms with Gasteiger partial charge in [-0.2, -0.15) is 0 Å². The van der Waals surface area contributed by atoms with Crippen molar-refractivity contribution in [2.75, 3.05) is 13.1 Å². The summed E-state index contributed by atoms with van der Waals surface area (Å²) in [5, 5.41) is 0.918. The predicted octanol–water partition coefficient (Wildman–Crippen LogP) is 1.80. The number of aromatic nitrogens is 1. The van der Waals surface area contributed by atoms with Gasteiger partial charge in [0.15, 0.2) is 0 Å². The van der Waals surface area contributed by atoms with E-state index >= 15 is 0 Å². The van der Waals surface area contributed by atoms with Crippen molar-refractivity contribution in [2.24, 2.45) is 11.7 Å². The van der Waals surface area contributed by atoms with E-state index in [9.17, 15) is 4.79 Å². The second-order valence-electron chi connectivity index (χ2n) is 6.04. The van der Waals surface area contributed by atoms with Crippen LogP contribution in [0.3, 0.4) is 0 Å². The lowest BCUT2D eigenvalue weighted by Gasteiger charge is -2.48. The van der Waals surface area contributed by atoms with Gasteiger partial charge in [0, 0.05) is 30.2 Å². The van der Waals surface area contributed by atoms with E-state index in [2.05, 4.69) is 4.98 Å². The first kappa shape index (κ1) is 11.9. The maximum atomic E-state index is 12.6. The summed E-state index contributed by atoms with van der Waals surface area (Å²) in [5.41, 5.74) is 7.79. The first-order valence-corrected chi connectivity index (χ1v) is 7.09. The average molecular weight is 267 g/mol. The molecule has 2 N–H and O–H groups in total. The molecule has 1 amide bonds. The Bertz CT molecular complexity index is 682. The first-order valence-electron chi connectivity index (χ1n) is 7.09. The Balaban J connectivity index is 1.62. The summed E-state index contributed by atoms with van der Waals surface area (Å²) >= 11 is 0. The number of pyridine rings is 1. The van der Waals surface area contributed by atoms with Gasteiger partial charge in [0.1, 0.15) is 0 Å². The van der Waals surface area contributed by atoms with Crippen LogP contribution in [0, 0.1) is 5.92 Å². The van der Waals surface area contributed by atoms with E-state index in [1.807, 2.05) is 35.2 Å². The third-order valence-corrected chi connectivity index (χ3v) is 4.52. The lowest BCUT2D eigenvalue weighted by atomic mass is 9.85. The molecule has 1 aromatic heterocycles. The standard InChI is InChI=1S/C16H17N3O/c17-16(11-6-7-11)9-19(10-16)15(20)13-3-1-5-14-12(13)4-2-8-18-14/h1-5,8,11H,6-7,9-10,17H2. The molecule has 0 bridgehead atoms. The van der Waals surface area contributed by atoms with E-state index in [-0.39, 0.29) is 11.4 Å². The Morgan fingerprint density at radius 1 is 1.25 bits per heavy atom. The fraction of sp³-hybridized carbons (Fsp3) is 0.375. The van der Waals surface area contributed by atoms with Crippen LogP contribution in [0.5, 0.6) is 0 Å². The smallest absolute Gasteiger partial charge is 0.254 e. The zero-order valence-electron chi connectivity index (χ0n) is 11.2. The van der Waals surface area contributed by atoms with Crippen molar-refractivity contribution in [1.82, 2.24) is 9.88 Å². The van der Waals surface area contributed by atoms with E-state index in [1.54, 1.807) is 6.20 Å². The number of hydrogen-bond donors (Lipinski definition) is 1. The lowest BCUT2D eigenvalue weighted by Crippen LogP contribution is -2.69. The number of benzene rings is 1. The Kier molecular flexibility index (Phi) is 2.39. The average Bonchev–Trinajstić information content (AvgIpc) is 3.27. The summed E-state index contributed by atoms with van der Waals surface area (Å²) in [6.07, 6.45) is 4.19. The van der Waals surface area contributed by atoms with Crippen molar-refractivity contribution >= 4 is 16.8 Å². The van der Waals surface area contributed by atoms with Crippen molar-refractivity contribution in [3.63, 3.8) is 0 Å². The second-order valence-corrected chi connectivity index (χ2v) is 6.04. The minimum absolute atomic E-state index is 0.0744. The predicted molar refractivity (Wildman–Crippen MR) is 77.3 cm³/mol. The molecule has 0 radical (unpaired) electrons. The van der Waals surface area contributed by atoms with E-state index in [0.29, 0.717) is 19.0 Å². The van der Waals surface area contributed by atoms with Gasteiger partial charge in [-0.05, 0) is 37.0 Å². The third kappa shape index (κ3) is 1.72. The molecule has 4 heteroatoms. The quantitative estimate of drug-likeness (QED) is 0.902. The minimum Gasteiger partial charge on any atom is -0.335 e. The summed E-state index contributed by atoms with van der Waals surface area (Å²) in [7, 11) is 0. The number of rotatable bonds is 2. The third-order valence-electron chi connectivity index (χ3n) is 4.52. The Morgan fingerprint density at radius 3 is 2.80 bits per heavy atom. The molecule has 1 aliphatic carbocycles. The molecule has 4 nitrogen and oxygen atoms in total. The van der Waals surface area contributed by atoms with Crippen LogP contribution in [0.2, 0.25) is 0 Å². The van der Waals surface area contributed by atoms with Gasteiger partial charge in [-0.3, -0.25) is 9.78 Å². The molecule has 1 saturated heterocycles. The number of carbonyl (C=O) groups excluding carboxylic acids is 1. The van der Waals surface area contributed by atoms with Gasteiger partial charge in [-0.15, -0.1) is 0 Å². The molecule has 2 aromatic rings. The van der Waals surface area contributed by atoms with E-state index < -0.39 is 0 Å². The van der Waals surface area contributed by atoms with Gasteiger partial charge in [-0.25, -0.2) is 0 Å². The van der Waals surface area contributed by atoms with Crippen molar-refractivity contribution < 1.29 is 4.79 Å². The summed E-state index contributed by atoms with van der Waals surface area (Å²) in [6, 6.07) is 9.51. The number of nitrogens with zero attached hydrogens (tertiary/aromatic N) is 2. The number of fused-ring (bicyclic) bond motifs is 1. The topological polar surface area (TPSA) is 59.2 Å². The van der Waals surface area contributed by atoms with E-state index in [4.69, 9.17) is 5.73 Å². The highest BCUT2D eigenvalue weighted by molar-refractivity contribution is 6.06. The molecule has 2 aliphatic rings. The van der Waals surface area contributed by atoms with Crippen LogP contribution in [0.1, 0.15) is 23.2 Å². The van der Waals surface area contributed by atoms with Crippen molar-refractivity contribution in [2.45, 2.75) is 18.4 Å². The molecule has 2 fully saturated rings. The highest BCUT2D eigenvalue weighted by atomic mass is 16.2. The van der Waals surface area contributed by atoms with Crippen LogP contribution >= 0.6 is 0 Å². The van der Waals surface area contributed by atoms with Gasteiger partial charge in [0.2, 0.25) is 0 Å². The molecule has 0 spiro atoms. The zero-order chi connectivity index (χ0) is 13.7. The van der Waals surface area contributed by atoms with Crippen molar-refractivity contribution in [3.05, 3.63) is 42.1 Å². The molecule has 1 aliphatic heterocycles. The SMILES string of the molecule is NC1(C2CC2)CN(C(=O)c2cccc3ncccc23)C1. The maximum Gasteiger partial charge on any atom is 0.254 e. The van der Waals surface area contributed by atoms with Gasteiger partial charge in [0.25, 0.3) is 5.91 Å². The largest absolute Gasteiger partial charge is 0.335 e. The molecule has 0 atom stereocenters. The summed E-state index contributed by atoms with van der Waals surface area (Å²) in [6.45, 7) is 1.38. The molecule has 102 valence electrons. The van der Waals surface area contributed by atoms with Gasteiger partial charge >= 0.3 is 0 Å². The van der Waals surface area contributed by atoms with Crippen molar-refractivity contribution in [3.8, 4) is 0 Å². The number of amides is 1. The lowest BCUT2D eigenvalue weighted by molar-refractivity contribution is 0.0352. The Morgan fingerprint density at radius 2 is 2.05 bits per heavy atom. The summed E-state index contributed by atoms with van der Waals surface area (Å²) in [4.78, 5) is 18.8. The fourth-order valence-corrected chi connectivity index (χ4v) is 3.18. The zero-order valence-corrected chi connectivity index (χ0v) is 11.2. The molecule has 2 heterocycles.